The number of alkyl halides is 6. The number of furan rings is 1. The molecular formula is C40H28F6N2O7S2. The van der Waals surface area contributed by atoms with Gasteiger partial charge in [-0.3, -0.25) is 0 Å². The largest absolute Gasteiger partial charge is 0.741 e. The zero-order chi connectivity index (χ0) is 40.9. The Balaban J connectivity index is 0.000000264. The van der Waals surface area contributed by atoms with Crippen molar-refractivity contribution in [1.82, 2.24) is 0 Å². The molecule has 9 rings (SSSR count). The van der Waals surface area contributed by atoms with Gasteiger partial charge in [0.1, 0.15) is 11.2 Å². The van der Waals surface area contributed by atoms with Crippen LogP contribution in [-0.2, 0) is 46.2 Å². The van der Waals surface area contributed by atoms with Crippen LogP contribution in [0.1, 0.15) is 22.3 Å². The summed E-state index contributed by atoms with van der Waals surface area (Å²) in [7, 11) is -12.2. The fraction of sp³-hybridized carbons (Fsp3) is 0.150. The number of rotatable bonds is 2. The number of para-hydroxylation sites is 2. The second-order valence-electron chi connectivity index (χ2n) is 13.1. The van der Waals surface area contributed by atoms with Crippen molar-refractivity contribution >= 4 is 65.1 Å². The van der Waals surface area contributed by atoms with Gasteiger partial charge in [0.25, 0.3) is 0 Å². The summed E-state index contributed by atoms with van der Waals surface area (Å²) < 4.78 is 129. The van der Waals surface area contributed by atoms with Crippen LogP contribution in [0.5, 0.6) is 0 Å². The third-order valence-corrected chi connectivity index (χ3v) is 10.7. The molecule has 2 aliphatic heterocycles. The van der Waals surface area contributed by atoms with E-state index in [-0.39, 0.29) is 0 Å². The van der Waals surface area contributed by atoms with Gasteiger partial charge in [-0.1, -0.05) is 78.9 Å². The van der Waals surface area contributed by atoms with Gasteiger partial charge >= 0.3 is 11.0 Å². The lowest BCUT2D eigenvalue weighted by molar-refractivity contribution is -0.689. The molecule has 0 atom stereocenters. The third-order valence-electron chi connectivity index (χ3n) is 9.57. The number of fused-ring (bicyclic) bond motifs is 12. The fourth-order valence-corrected chi connectivity index (χ4v) is 7.02. The molecule has 0 N–H and O–H groups in total. The number of benzene rings is 4. The van der Waals surface area contributed by atoms with Crippen LogP contribution in [0.15, 0.2) is 114 Å². The molecule has 0 unspecified atom stereocenters. The number of halogens is 6. The minimum Gasteiger partial charge on any atom is -0.741 e. The zero-order valence-electron chi connectivity index (χ0n) is 29.2. The lowest BCUT2D eigenvalue weighted by Crippen LogP contribution is -2.43. The second kappa shape index (κ2) is 14.7. The Labute approximate surface area is 321 Å². The van der Waals surface area contributed by atoms with Gasteiger partial charge in [-0.25, -0.2) is 16.8 Å². The number of aromatic nitrogens is 2. The summed E-state index contributed by atoms with van der Waals surface area (Å²) >= 11 is 0. The average Bonchev–Trinajstić information content (AvgIpc) is 3.55. The number of hydrogen-bond donors (Lipinski definition) is 0. The van der Waals surface area contributed by atoms with Crippen molar-refractivity contribution in [1.29, 1.82) is 0 Å². The number of aryl methyl sites for hydroxylation is 4. The van der Waals surface area contributed by atoms with Gasteiger partial charge < -0.3 is 13.5 Å². The van der Waals surface area contributed by atoms with E-state index in [4.69, 9.17) is 30.4 Å². The van der Waals surface area contributed by atoms with Crippen LogP contribution < -0.4 is 9.13 Å². The maximum absolute atomic E-state index is 10.7. The van der Waals surface area contributed by atoms with E-state index in [2.05, 4.69) is 119 Å². The lowest BCUT2D eigenvalue weighted by Gasteiger charge is -2.23. The molecule has 2 aliphatic rings. The van der Waals surface area contributed by atoms with Crippen LogP contribution in [0, 0.1) is 0 Å². The highest BCUT2D eigenvalue weighted by Gasteiger charge is 2.38. The zero-order valence-corrected chi connectivity index (χ0v) is 30.8. The van der Waals surface area contributed by atoms with E-state index >= 15 is 0 Å². The topological polar surface area (TPSA) is 135 Å². The molecular weight excluding hydrogens is 799 g/mol. The summed E-state index contributed by atoms with van der Waals surface area (Å²) in [4.78, 5) is 0. The molecule has 17 heteroatoms. The van der Waals surface area contributed by atoms with Crippen molar-refractivity contribution in [3.8, 4) is 22.5 Å². The monoisotopic (exact) mass is 826 g/mol. The quantitative estimate of drug-likeness (QED) is 0.0746. The summed E-state index contributed by atoms with van der Waals surface area (Å²) in [6.07, 6.45) is 11.1. The van der Waals surface area contributed by atoms with Crippen molar-refractivity contribution < 1.29 is 65.8 Å². The van der Waals surface area contributed by atoms with Gasteiger partial charge in [0.2, 0.25) is 11.4 Å². The molecule has 57 heavy (non-hydrogen) atoms. The van der Waals surface area contributed by atoms with E-state index in [9.17, 15) is 26.3 Å². The first-order valence-electron chi connectivity index (χ1n) is 17.0. The predicted octanol–water partition coefficient (Wildman–Crippen LogP) is 8.03. The second-order valence-corrected chi connectivity index (χ2v) is 15.8. The summed E-state index contributed by atoms with van der Waals surface area (Å²) in [6.45, 7) is 2.01. The first-order chi connectivity index (χ1) is 26.8. The highest BCUT2D eigenvalue weighted by atomic mass is 32.2. The Morgan fingerprint density at radius 2 is 1.18 bits per heavy atom. The normalized spacial score (nSPS) is 13.9. The average molecular weight is 827 g/mol. The molecule has 294 valence electrons. The maximum atomic E-state index is 10.7. The molecule has 7 aromatic rings. The van der Waals surface area contributed by atoms with E-state index in [0.29, 0.717) is 0 Å². The van der Waals surface area contributed by atoms with Gasteiger partial charge in [-0.05, 0) is 34.2 Å². The minimum atomic E-state index is -6.09. The highest BCUT2D eigenvalue weighted by molar-refractivity contribution is 7.86. The van der Waals surface area contributed by atoms with Crippen LogP contribution >= 0.6 is 0 Å². The minimum absolute atomic E-state index is 0.931. The fourth-order valence-electron chi connectivity index (χ4n) is 7.02. The van der Waals surface area contributed by atoms with Crippen LogP contribution in [0.3, 0.4) is 0 Å². The van der Waals surface area contributed by atoms with Crippen molar-refractivity contribution in [2.75, 3.05) is 0 Å². The maximum Gasteiger partial charge on any atom is 0.485 e. The van der Waals surface area contributed by atoms with Crippen LogP contribution in [0.2, 0.25) is 0 Å². The Morgan fingerprint density at radius 1 is 0.614 bits per heavy atom. The molecule has 0 saturated heterocycles. The van der Waals surface area contributed by atoms with Crippen LogP contribution in [0.4, 0.5) is 26.3 Å². The number of pyridine rings is 2. The molecule has 0 saturated carbocycles. The van der Waals surface area contributed by atoms with E-state index in [1.165, 1.54) is 50.0 Å². The number of hydrogen-bond acceptors (Lipinski definition) is 7. The van der Waals surface area contributed by atoms with Gasteiger partial charge in [0.15, 0.2) is 45.7 Å². The number of nitrogens with zero attached hydrogens (tertiary/aromatic N) is 2. The summed E-state index contributed by atoms with van der Waals surface area (Å²) in [5.41, 5.74) is 1.22. The Kier molecular flexibility index (Phi) is 10.2. The van der Waals surface area contributed by atoms with Crippen molar-refractivity contribution in [3.63, 3.8) is 0 Å². The van der Waals surface area contributed by atoms with E-state index in [0.717, 1.165) is 53.4 Å². The SMILES string of the molecule is C(=Cc1cccc2c1oc1ccccc12)c1cc[n+]2c(c1)-c1c(ccc3c1-c1c4ccccc4cc[n+]1CC3)CC2.O=S(=O)([O-])C(F)(F)F.O=S(=O)([O-])C(F)(F)F. The summed E-state index contributed by atoms with van der Waals surface area (Å²) in [5, 5.41) is 4.95. The molecule has 0 amide bonds. The van der Waals surface area contributed by atoms with Crippen molar-refractivity contribution in [2.45, 2.75) is 36.9 Å². The first kappa shape index (κ1) is 39.6. The lowest BCUT2D eigenvalue weighted by atomic mass is 9.83. The Hall–Kier alpha value is -5.62. The molecule has 4 aromatic carbocycles. The smallest absolute Gasteiger partial charge is 0.485 e. The third kappa shape index (κ3) is 7.87. The van der Waals surface area contributed by atoms with E-state index in [1.54, 1.807) is 0 Å². The van der Waals surface area contributed by atoms with Crippen molar-refractivity contribution in [2.24, 2.45) is 0 Å². The van der Waals surface area contributed by atoms with Gasteiger partial charge in [-0.15, -0.1) is 0 Å². The van der Waals surface area contributed by atoms with Crippen molar-refractivity contribution in [3.05, 3.63) is 132 Å². The molecule has 5 heterocycles. The summed E-state index contributed by atoms with van der Waals surface area (Å²) in [6, 6.07) is 35.1. The predicted molar refractivity (Wildman–Crippen MR) is 197 cm³/mol. The molecule has 0 bridgehead atoms. The highest BCUT2D eigenvalue weighted by Crippen LogP contribution is 2.42. The standard InChI is InChI=1S/C38H28N2O.2CHF3O3S/c1-2-8-30-26(6-1)17-22-40-23-19-28-15-14-27-18-21-39-20-16-25(24-33(39)35(27)36(28)37(30)40)12-13-29-7-5-10-32-31-9-3-4-11-34(31)41-38(29)32;2*2-1(3,4)8(5,6)7/h1-17,20,22,24H,18-19,21,23H2;2*(H,5,6,7)/q+2;;/p-2. The molecule has 0 spiro atoms. The van der Waals surface area contributed by atoms with Crippen LogP contribution in [0.25, 0.3) is 67.4 Å². The molecule has 3 aromatic heterocycles. The summed E-state index contributed by atoms with van der Waals surface area (Å²) in [5.74, 6) is 0. The van der Waals surface area contributed by atoms with Gasteiger partial charge in [0.05, 0.1) is 16.5 Å². The van der Waals surface area contributed by atoms with Crippen LogP contribution in [-0.4, -0.2) is 37.0 Å². The molecule has 0 radical (unpaired) electrons. The Bertz CT molecular complexity index is 2920. The van der Waals surface area contributed by atoms with E-state index in [1.807, 2.05) is 12.1 Å². The Morgan fingerprint density at radius 3 is 1.84 bits per heavy atom. The molecule has 9 nitrogen and oxygen atoms in total. The van der Waals surface area contributed by atoms with E-state index < -0.39 is 31.3 Å². The molecule has 0 aliphatic carbocycles. The molecule has 0 fully saturated rings. The van der Waals surface area contributed by atoms with Gasteiger partial charge in [-0.2, -0.15) is 35.5 Å². The van der Waals surface area contributed by atoms with Gasteiger partial charge in [0, 0.05) is 47.4 Å². The first-order valence-corrected chi connectivity index (χ1v) is 19.9.